The number of benzene rings is 3. The normalized spacial score (nSPS) is 21.6. The number of aliphatic hydroxyl groups excluding tert-OH is 1. The summed E-state index contributed by atoms with van der Waals surface area (Å²) in [4.78, 5) is 87.0. The van der Waals surface area contributed by atoms with Gasteiger partial charge in [0.2, 0.25) is 11.8 Å². The zero-order valence-corrected chi connectivity index (χ0v) is 56.0. The lowest BCUT2D eigenvalue weighted by Gasteiger charge is -2.42. The summed E-state index contributed by atoms with van der Waals surface area (Å²) >= 11 is 1.58. The van der Waals surface area contributed by atoms with Crippen LogP contribution in [0.15, 0.2) is 76.9 Å². The smallest absolute Gasteiger partial charge is 0.410 e. The molecule has 0 spiro atoms. The number of rotatable bonds is 19. The molecule has 5 saturated heterocycles. The van der Waals surface area contributed by atoms with Gasteiger partial charge >= 0.3 is 18.2 Å². The second-order valence-corrected chi connectivity index (χ2v) is 27.7. The molecule has 94 heavy (non-hydrogen) atoms. The number of hydrogen-bond donors (Lipinski definition) is 2. The molecule has 0 aliphatic carbocycles. The Morgan fingerprint density at radius 2 is 1.61 bits per heavy atom. The van der Waals surface area contributed by atoms with E-state index in [1.54, 1.807) is 41.7 Å². The molecule has 5 aliphatic heterocycles. The van der Waals surface area contributed by atoms with Gasteiger partial charge < -0.3 is 58.2 Å². The molecule has 5 fully saturated rings. The minimum absolute atomic E-state index is 0.000946. The number of halogens is 1. The fraction of sp³-hybridized carbons (Fsp3) is 0.522. The lowest BCUT2D eigenvalue weighted by molar-refractivity contribution is -0.141. The number of ether oxygens (including phenoxy) is 5. The summed E-state index contributed by atoms with van der Waals surface area (Å²) in [5.74, 6) is -0.477. The highest BCUT2D eigenvalue weighted by Gasteiger charge is 2.47. The number of carbonyl (C=O) groups is 4. The van der Waals surface area contributed by atoms with E-state index in [4.69, 9.17) is 43.2 Å². The van der Waals surface area contributed by atoms with Crippen molar-refractivity contribution >= 4 is 68.6 Å². The third-order valence-corrected chi connectivity index (χ3v) is 20.1. The van der Waals surface area contributed by atoms with Crippen LogP contribution >= 0.6 is 11.3 Å². The largest absolute Gasteiger partial charge is 0.468 e. The maximum Gasteiger partial charge on any atom is 0.410 e. The Morgan fingerprint density at radius 3 is 2.29 bits per heavy atom. The van der Waals surface area contributed by atoms with Gasteiger partial charge in [-0.25, -0.2) is 19.0 Å². The second kappa shape index (κ2) is 27.6. The number of likely N-dealkylation sites (N-methyl/N-ethyl adjacent to an activating group) is 1. The van der Waals surface area contributed by atoms with Crippen LogP contribution in [0, 0.1) is 18.7 Å². The second-order valence-electron chi connectivity index (χ2n) is 26.8. The van der Waals surface area contributed by atoms with E-state index in [0.717, 1.165) is 63.7 Å². The first-order valence-corrected chi connectivity index (χ1v) is 33.6. The van der Waals surface area contributed by atoms with E-state index in [0.29, 0.717) is 79.8 Å². The molecule has 500 valence electrons. The van der Waals surface area contributed by atoms with Gasteiger partial charge in [0.05, 0.1) is 45.7 Å². The molecule has 5 aliphatic rings. The van der Waals surface area contributed by atoms with E-state index in [9.17, 15) is 24.3 Å². The van der Waals surface area contributed by atoms with Crippen molar-refractivity contribution in [1.82, 2.24) is 50.0 Å². The molecule has 2 unspecified atom stereocenters. The topological polar surface area (TPSA) is 244 Å². The van der Waals surface area contributed by atoms with Gasteiger partial charge in [-0.3, -0.25) is 24.4 Å². The number of thiazole rings is 1. The van der Waals surface area contributed by atoms with E-state index in [2.05, 4.69) is 32.2 Å². The number of carbonyl (C=O) groups excluding carboxylic acids is 4. The maximum absolute atomic E-state index is 17.8. The number of β-amino-alcohol motifs (C(OH)–C–C–N with tert-alkyl or cyclic N) is 1. The summed E-state index contributed by atoms with van der Waals surface area (Å²) in [7, 11) is 3.52. The van der Waals surface area contributed by atoms with Gasteiger partial charge in [0.25, 0.3) is 0 Å². The van der Waals surface area contributed by atoms with E-state index in [1.807, 2.05) is 119 Å². The lowest BCUT2D eigenvalue weighted by Crippen LogP contribution is -2.57. The fourth-order valence-electron chi connectivity index (χ4n) is 14.1. The van der Waals surface area contributed by atoms with Gasteiger partial charge in [0.1, 0.15) is 53.6 Å². The van der Waals surface area contributed by atoms with Crippen molar-refractivity contribution < 1.29 is 56.9 Å². The molecule has 9 heterocycles. The van der Waals surface area contributed by atoms with Crippen LogP contribution in [0.25, 0.3) is 43.4 Å². The first-order valence-electron chi connectivity index (χ1n) is 32.7. The molecule has 2 N–H and O–H groups in total. The molecule has 3 aromatic carbocycles. The van der Waals surface area contributed by atoms with Crippen molar-refractivity contribution in [2.75, 3.05) is 89.8 Å². The van der Waals surface area contributed by atoms with Crippen LogP contribution in [0.2, 0.25) is 0 Å². The summed E-state index contributed by atoms with van der Waals surface area (Å²) in [6, 6.07) is 17.7. The molecule has 0 radical (unpaired) electrons. The number of fused-ring (bicyclic) bond motifs is 4. The molecule has 7 aromatic rings. The highest BCUT2D eigenvalue weighted by atomic mass is 32.1. The number of methoxy groups -OCH3 is 1. The van der Waals surface area contributed by atoms with Gasteiger partial charge in [0.15, 0.2) is 24.2 Å². The van der Waals surface area contributed by atoms with Crippen molar-refractivity contribution in [3.63, 3.8) is 0 Å². The van der Waals surface area contributed by atoms with Gasteiger partial charge in [0, 0.05) is 89.3 Å². The zero-order chi connectivity index (χ0) is 66.3. The van der Waals surface area contributed by atoms with E-state index in [1.165, 1.54) is 4.90 Å². The molecular weight excluding hydrogens is 1220 g/mol. The maximum atomic E-state index is 17.8. The first kappa shape index (κ1) is 65.8. The average molecular weight is 1310 g/mol. The standard InChI is InChI=1S/C69H85FN12O11S/c1-11-42-13-12-14-45-27-51(91-38-88-10)29-52(58(42)45)60-59(70)61-53(31-71-60)63(80-32-46-19-20-47(33-80)82(46)68(87)92-69(6,7)8)75-66(74-61)89-35-48-21-22-49(77(48)9)36-90-67(86)79-25-23-78(24-26-79)56-30-55(93-76-56)57(39(2)3)65(85)81-34-50(83)28-54(81)64(84)73-40(4)43-15-17-44(18-16-43)62-41(5)72-37-94-62/h12-18,27,29-31,37,39-40,46-50,54,57,83H,11,19-26,28,32-36,38H2,1-10H3,(H,73,84)/t40-,46?,47?,48-,49-,50+,54-,57+/m0/s1. The Labute approximate surface area is 550 Å². The molecule has 2 bridgehead atoms. The number of aryl methyl sites for hydroxylation is 2. The molecule has 4 aromatic heterocycles. The minimum Gasteiger partial charge on any atom is -0.468 e. The predicted molar refractivity (Wildman–Crippen MR) is 353 cm³/mol. The Kier molecular flexibility index (Phi) is 19.3. The van der Waals surface area contributed by atoms with Crippen LogP contribution in [0.5, 0.6) is 11.8 Å². The highest BCUT2D eigenvalue weighted by molar-refractivity contribution is 7.13. The van der Waals surface area contributed by atoms with Crippen LogP contribution in [0.1, 0.15) is 115 Å². The highest BCUT2D eigenvalue weighted by Crippen LogP contribution is 2.42. The predicted octanol–water partition coefficient (Wildman–Crippen LogP) is 9.92. The van der Waals surface area contributed by atoms with Crippen LogP contribution < -0.4 is 24.6 Å². The van der Waals surface area contributed by atoms with Gasteiger partial charge in [-0.15, -0.1) is 11.3 Å². The summed E-state index contributed by atoms with van der Waals surface area (Å²) in [6.45, 7) is 18.1. The third-order valence-electron chi connectivity index (χ3n) is 19.1. The Balaban J connectivity index is 0.677. The van der Waals surface area contributed by atoms with Gasteiger partial charge in [-0.05, 0) is 119 Å². The molecule has 12 rings (SSSR count). The van der Waals surface area contributed by atoms with Crippen molar-refractivity contribution in [3.05, 3.63) is 101 Å². The third kappa shape index (κ3) is 13.7. The zero-order valence-electron chi connectivity index (χ0n) is 55.2. The van der Waals surface area contributed by atoms with E-state index >= 15 is 4.39 Å². The first-order chi connectivity index (χ1) is 45.1. The summed E-state index contributed by atoms with van der Waals surface area (Å²) < 4.78 is 53.2. The molecule has 4 amide bonds. The molecule has 25 heteroatoms. The minimum atomic E-state index is -0.878. The summed E-state index contributed by atoms with van der Waals surface area (Å²) in [5, 5.41) is 20.4. The summed E-state index contributed by atoms with van der Waals surface area (Å²) in [5.41, 5.74) is 5.79. The Morgan fingerprint density at radius 1 is 0.872 bits per heavy atom. The van der Waals surface area contributed by atoms with Crippen LogP contribution in [0.4, 0.5) is 25.6 Å². The Bertz CT molecular complexity index is 3900. The van der Waals surface area contributed by atoms with Crippen molar-refractivity contribution in [3.8, 4) is 33.5 Å². The monoisotopic (exact) mass is 1310 g/mol. The molecular formula is C69H85FN12O11S. The van der Waals surface area contributed by atoms with Gasteiger partial charge in [-0.2, -0.15) is 9.97 Å². The number of nitrogens with zero attached hydrogens (tertiary/aromatic N) is 11. The number of aliphatic hydroxyl groups is 1. The van der Waals surface area contributed by atoms with Crippen molar-refractivity contribution in [2.24, 2.45) is 5.92 Å². The Hall–Kier alpha value is -8.26. The number of likely N-dealkylation sites (tertiary alicyclic amines) is 2. The number of piperazine rings is 2. The van der Waals surface area contributed by atoms with Crippen molar-refractivity contribution in [1.29, 1.82) is 0 Å². The van der Waals surface area contributed by atoms with E-state index < -0.39 is 35.6 Å². The molecule has 8 atom stereocenters. The average Bonchev–Trinajstić information content (AvgIpc) is 0.850. The number of anilines is 2. The van der Waals surface area contributed by atoms with Crippen LogP contribution in [-0.2, 0) is 30.2 Å². The molecule has 23 nitrogen and oxygen atoms in total. The van der Waals surface area contributed by atoms with E-state index in [-0.39, 0.29) is 104 Å². The summed E-state index contributed by atoms with van der Waals surface area (Å²) in [6.07, 6.45) is 3.81. The number of hydrogen-bond acceptors (Lipinski definition) is 20. The number of pyridine rings is 1. The van der Waals surface area contributed by atoms with Crippen LogP contribution in [0.3, 0.4) is 0 Å². The lowest BCUT2D eigenvalue weighted by atomic mass is 9.91. The van der Waals surface area contributed by atoms with Gasteiger partial charge in [-0.1, -0.05) is 68.4 Å². The number of amides is 4. The molecule has 0 saturated carbocycles. The van der Waals surface area contributed by atoms with Crippen LogP contribution in [-0.4, -0.2) is 196 Å². The number of aromatic nitrogens is 5. The SMILES string of the molecule is CCc1cccc2cc(OCOC)cc(-c3ncc4c(N5CC6CCC(C5)N6C(=O)OC(C)(C)C)nc(OC[C@@H]5CC[C@@H](COC(=O)N6CCN(c7cc([C@H](C(=O)N8C[C@H](O)C[C@H]8C(=O)N[C@@H](C)c8ccc(-c9scnc9C)cc8)C(C)C)on7)CC6)N5C)nc4c3F)c12. The number of nitrogens with one attached hydrogen (secondary N) is 1. The fourth-order valence-corrected chi connectivity index (χ4v) is 14.9. The van der Waals surface area contributed by atoms with Crippen molar-refractivity contribution in [2.45, 2.75) is 148 Å². The quantitative estimate of drug-likeness (QED) is 0.0715.